The maximum absolute atomic E-state index is 12.4. The minimum Gasteiger partial charge on any atom is -0.299 e. The molecule has 1 aliphatic carbocycles. The number of benzene rings is 2. The average molecular weight is 278 g/mol. The van der Waals surface area contributed by atoms with E-state index in [0.717, 1.165) is 24.0 Å². The van der Waals surface area contributed by atoms with Gasteiger partial charge in [0.15, 0.2) is 5.78 Å². The van der Waals surface area contributed by atoms with E-state index in [1.165, 1.54) is 0 Å². The van der Waals surface area contributed by atoms with E-state index < -0.39 is 5.92 Å². The van der Waals surface area contributed by atoms with E-state index in [0.29, 0.717) is 18.4 Å². The van der Waals surface area contributed by atoms with Crippen LogP contribution in [0, 0.1) is 5.92 Å². The minimum absolute atomic E-state index is 0.0145. The molecule has 0 heterocycles. The molecule has 2 aromatic carbocycles. The van der Waals surface area contributed by atoms with Gasteiger partial charge in [-0.25, -0.2) is 0 Å². The van der Waals surface area contributed by atoms with Gasteiger partial charge in [0.1, 0.15) is 5.78 Å². The Hall–Kier alpha value is -2.22. The van der Waals surface area contributed by atoms with Gasteiger partial charge in [0, 0.05) is 12.0 Å². The lowest BCUT2D eigenvalue weighted by atomic mass is 9.82. The second-order valence-corrected chi connectivity index (χ2v) is 5.57. The first-order valence-electron chi connectivity index (χ1n) is 7.48. The highest BCUT2D eigenvalue weighted by molar-refractivity contribution is 6.11. The van der Waals surface area contributed by atoms with E-state index in [9.17, 15) is 9.59 Å². The zero-order valence-electron chi connectivity index (χ0n) is 11.9. The molecule has 0 aliphatic heterocycles. The average Bonchev–Trinajstić information content (AvgIpc) is 2.56. The zero-order valence-corrected chi connectivity index (χ0v) is 11.9. The molecule has 0 radical (unpaired) electrons. The number of hydrogen-bond acceptors (Lipinski definition) is 2. The van der Waals surface area contributed by atoms with Crippen molar-refractivity contribution >= 4 is 11.6 Å². The fraction of sp³-hybridized carbons (Fsp3) is 0.263. The van der Waals surface area contributed by atoms with Gasteiger partial charge in [-0.3, -0.25) is 9.59 Å². The Morgan fingerprint density at radius 3 is 2.19 bits per heavy atom. The summed E-state index contributed by atoms with van der Waals surface area (Å²) in [5.41, 5.74) is 2.86. The summed E-state index contributed by atoms with van der Waals surface area (Å²) < 4.78 is 0. The molecule has 0 N–H and O–H groups in total. The van der Waals surface area contributed by atoms with Crippen molar-refractivity contribution in [1.82, 2.24) is 0 Å². The predicted octanol–water partition coefficient (Wildman–Crippen LogP) is 4.30. The van der Waals surface area contributed by atoms with E-state index in [-0.39, 0.29) is 11.6 Å². The van der Waals surface area contributed by atoms with Crippen molar-refractivity contribution in [3.05, 3.63) is 60.2 Å². The first-order valence-corrected chi connectivity index (χ1v) is 7.48. The maximum Gasteiger partial charge on any atom is 0.173 e. The molecule has 3 rings (SSSR count). The largest absolute Gasteiger partial charge is 0.299 e. The molecule has 1 saturated carbocycles. The fourth-order valence-electron chi connectivity index (χ4n) is 2.92. The summed E-state index contributed by atoms with van der Waals surface area (Å²) in [5.74, 6) is -0.320. The van der Waals surface area contributed by atoms with Crippen LogP contribution in [0.3, 0.4) is 0 Å². The second-order valence-electron chi connectivity index (χ2n) is 5.57. The molecule has 1 aliphatic rings. The number of Topliss-reactive ketones (excluding diaryl/α,β-unsaturated/α-hetero) is 2. The van der Waals surface area contributed by atoms with Crippen LogP contribution < -0.4 is 0 Å². The van der Waals surface area contributed by atoms with Crippen molar-refractivity contribution in [3.8, 4) is 11.1 Å². The van der Waals surface area contributed by atoms with Crippen LogP contribution in [0.25, 0.3) is 11.1 Å². The van der Waals surface area contributed by atoms with E-state index in [4.69, 9.17) is 0 Å². The molecule has 1 fully saturated rings. The van der Waals surface area contributed by atoms with Crippen molar-refractivity contribution in [2.75, 3.05) is 0 Å². The van der Waals surface area contributed by atoms with Crippen LogP contribution in [0.2, 0.25) is 0 Å². The SMILES string of the molecule is O=C1CCCC[C@@H]1C(=O)c1ccc(-c2ccccc2)cc1. The summed E-state index contributed by atoms with van der Waals surface area (Å²) in [6, 6.07) is 17.6. The summed E-state index contributed by atoms with van der Waals surface area (Å²) in [7, 11) is 0. The lowest BCUT2D eigenvalue weighted by molar-refractivity contribution is -0.122. The Morgan fingerprint density at radius 1 is 0.857 bits per heavy atom. The molecule has 0 saturated heterocycles. The lowest BCUT2D eigenvalue weighted by Gasteiger charge is -2.19. The van der Waals surface area contributed by atoms with Crippen LogP contribution in [-0.4, -0.2) is 11.6 Å². The van der Waals surface area contributed by atoms with Crippen LogP contribution in [-0.2, 0) is 4.79 Å². The third kappa shape index (κ3) is 2.94. The second kappa shape index (κ2) is 6.04. The van der Waals surface area contributed by atoms with Gasteiger partial charge >= 0.3 is 0 Å². The lowest BCUT2D eigenvalue weighted by Crippen LogP contribution is -2.27. The van der Waals surface area contributed by atoms with Gasteiger partial charge in [-0.1, -0.05) is 61.0 Å². The third-order valence-electron chi connectivity index (χ3n) is 4.15. The number of carbonyl (C=O) groups excluding carboxylic acids is 2. The fourth-order valence-corrected chi connectivity index (χ4v) is 2.92. The zero-order chi connectivity index (χ0) is 14.7. The normalized spacial score (nSPS) is 18.5. The first kappa shape index (κ1) is 13.7. The summed E-state index contributed by atoms with van der Waals surface area (Å²) in [6.45, 7) is 0. The molecule has 0 unspecified atom stereocenters. The molecule has 21 heavy (non-hydrogen) atoms. The quantitative estimate of drug-likeness (QED) is 0.620. The molecule has 1 atom stereocenters. The Labute approximate surface area is 124 Å². The van der Waals surface area contributed by atoms with Gasteiger partial charge in [0.2, 0.25) is 0 Å². The predicted molar refractivity (Wildman–Crippen MR) is 83.2 cm³/mol. The van der Waals surface area contributed by atoms with Gasteiger partial charge in [0.25, 0.3) is 0 Å². The van der Waals surface area contributed by atoms with E-state index in [2.05, 4.69) is 0 Å². The summed E-state index contributed by atoms with van der Waals surface area (Å²) >= 11 is 0. The Morgan fingerprint density at radius 2 is 1.52 bits per heavy atom. The first-order chi connectivity index (χ1) is 10.3. The van der Waals surface area contributed by atoms with Gasteiger partial charge in [-0.15, -0.1) is 0 Å². The highest BCUT2D eigenvalue weighted by Gasteiger charge is 2.29. The topological polar surface area (TPSA) is 34.1 Å². The molecule has 0 aromatic heterocycles. The van der Waals surface area contributed by atoms with Crippen molar-refractivity contribution in [2.45, 2.75) is 25.7 Å². The van der Waals surface area contributed by atoms with Crippen molar-refractivity contribution in [3.63, 3.8) is 0 Å². The Balaban J connectivity index is 1.81. The highest BCUT2D eigenvalue weighted by atomic mass is 16.1. The Bertz CT molecular complexity index is 641. The van der Waals surface area contributed by atoms with Crippen LogP contribution in [0.15, 0.2) is 54.6 Å². The van der Waals surface area contributed by atoms with Gasteiger partial charge in [-0.2, -0.15) is 0 Å². The van der Waals surface area contributed by atoms with E-state index >= 15 is 0 Å². The molecular formula is C19H18O2. The summed E-state index contributed by atoms with van der Waals surface area (Å²) in [5, 5.41) is 0. The van der Waals surface area contributed by atoms with Crippen LogP contribution >= 0.6 is 0 Å². The van der Waals surface area contributed by atoms with E-state index in [1.54, 1.807) is 0 Å². The van der Waals surface area contributed by atoms with Crippen LogP contribution in [0.4, 0.5) is 0 Å². The molecule has 2 nitrogen and oxygen atoms in total. The molecule has 106 valence electrons. The Kier molecular flexibility index (Phi) is 3.96. The number of rotatable bonds is 3. The third-order valence-corrected chi connectivity index (χ3v) is 4.15. The number of ketones is 2. The molecule has 0 bridgehead atoms. The standard InChI is InChI=1S/C19H18O2/c20-18-9-5-4-8-17(18)19(21)16-12-10-15(11-13-16)14-6-2-1-3-7-14/h1-3,6-7,10-13,17H,4-5,8-9H2/t17-/m0/s1. The summed E-state index contributed by atoms with van der Waals surface area (Å²) in [6.07, 6.45) is 3.16. The molecule has 2 aromatic rings. The van der Waals surface area contributed by atoms with Gasteiger partial charge < -0.3 is 0 Å². The van der Waals surface area contributed by atoms with Crippen molar-refractivity contribution in [1.29, 1.82) is 0 Å². The smallest absolute Gasteiger partial charge is 0.173 e. The van der Waals surface area contributed by atoms with Gasteiger partial charge in [0.05, 0.1) is 5.92 Å². The maximum atomic E-state index is 12.4. The van der Waals surface area contributed by atoms with Crippen molar-refractivity contribution < 1.29 is 9.59 Å². The molecule has 0 amide bonds. The number of hydrogen-bond donors (Lipinski definition) is 0. The van der Waals surface area contributed by atoms with Gasteiger partial charge in [-0.05, 0) is 24.0 Å². The summed E-state index contributed by atoms with van der Waals surface area (Å²) in [4.78, 5) is 24.3. The molecular weight excluding hydrogens is 260 g/mol. The van der Waals surface area contributed by atoms with Crippen LogP contribution in [0.5, 0.6) is 0 Å². The monoisotopic (exact) mass is 278 g/mol. The minimum atomic E-state index is -0.415. The highest BCUT2D eigenvalue weighted by Crippen LogP contribution is 2.25. The van der Waals surface area contributed by atoms with E-state index in [1.807, 2.05) is 54.6 Å². The molecule has 2 heteroatoms. The number of carbonyl (C=O) groups is 2. The van der Waals surface area contributed by atoms with Crippen LogP contribution in [0.1, 0.15) is 36.0 Å². The molecule has 0 spiro atoms. The van der Waals surface area contributed by atoms with Crippen molar-refractivity contribution in [2.24, 2.45) is 5.92 Å².